The van der Waals surface area contributed by atoms with Crippen LogP contribution in [0.5, 0.6) is 0 Å². The van der Waals surface area contributed by atoms with E-state index >= 15 is 0 Å². The van der Waals surface area contributed by atoms with Crippen LogP contribution in [0.1, 0.15) is 23.4 Å². The first-order valence-corrected chi connectivity index (χ1v) is 6.22. The highest BCUT2D eigenvalue weighted by molar-refractivity contribution is 5.35. The van der Waals surface area contributed by atoms with Crippen LogP contribution in [0.4, 0.5) is 39.5 Å². The Labute approximate surface area is 123 Å². The second kappa shape index (κ2) is 5.25. The largest absolute Gasteiger partial charge is 0.433 e. The monoisotopic (exact) mass is 352 g/mol. The summed E-state index contributed by atoms with van der Waals surface area (Å²) in [5.41, 5.74) is -7.91. The minimum absolute atomic E-state index is 0.0374. The maximum absolute atomic E-state index is 13.3. The molecule has 2 rings (SSSR count). The minimum Gasteiger partial charge on any atom is -0.315 e. The number of hydrogen-bond acceptors (Lipinski definition) is 2. The SMILES string of the molecule is FC(F)(F)c1cc(C2(C(F)(F)F)CCNC2)cc(C(F)(F)F)n1. The molecule has 0 saturated carbocycles. The lowest BCUT2D eigenvalue weighted by molar-refractivity contribution is -0.186. The number of pyridine rings is 1. The first kappa shape index (κ1) is 17.8. The molecule has 1 fully saturated rings. The molecule has 0 aliphatic carbocycles. The van der Waals surface area contributed by atoms with Crippen molar-refractivity contribution in [2.75, 3.05) is 13.1 Å². The maximum atomic E-state index is 13.3. The van der Waals surface area contributed by atoms with Crippen LogP contribution >= 0.6 is 0 Å². The number of hydrogen-bond donors (Lipinski definition) is 1. The van der Waals surface area contributed by atoms with E-state index in [1.807, 2.05) is 0 Å². The summed E-state index contributed by atoms with van der Waals surface area (Å²) in [5, 5.41) is 2.33. The Morgan fingerprint density at radius 3 is 1.65 bits per heavy atom. The summed E-state index contributed by atoms with van der Waals surface area (Å²) in [5.74, 6) is 0. The number of rotatable bonds is 1. The lowest BCUT2D eigenvalue weighted by Crippen LogP contribution is -2.44. The first-order chi connectivity index (χ1) is 10.3. The van der Waals surface area contributed by atoms with Gasteiger partial charge >= 0.3 is 18.5 Å². The zero-order valence-electron chi connectivity index (χ0n) is 11.1. The molecule has 1 atom stereocenters. The predicted molar refractivity (Wildman–Crippen MR) is 59.5 cm³/mol. The molecular formula is C12H9F9N2. The molecule has 0 aromatic carbocycles. The van der Waals surface area contributed by atoms with Crippen LogP contribution in [0.3, 0.4) is 0 Å². The van der Waals surface area contributed by atoms with Gasteiger partial charge in [-0.3, -0.25) is 0 Å². The van der Waals surface area contributed by atoms with Gasteiger partial charge in [0.1, 0.15) is 16.8 Å². The topological polar surface area (TPSA) is 24.9 Å². The molecule has 1 aliphatic rings. The highest BCUT2D eigenvalue weighted by Gasteiger charge is 2.58. The van der Waals surface area contributed by atoms with Gasteiger partial charge in [0.05, 0.1) is 0 Å². The Balaban J connectivity index is 2.70. The van der Waals surface area contributed by atoms with E-state index in [4.69, 9.17) is 0 Å². The van der Waals surface area contributed by atoms with E-state index in [1.165, 1.54) is 0 Å². The summed E-state index contributed by atoms with van der Waals surface area (Å²) in [6.07, 6.45) is -16.3. The molecule has 1 aromatic rings. The Morgan fingerprint density at radius 2 is 1.35 bits per heavy atom. The molecular weight excluding hydrogens is 343 g/mol. The van der Waals surface area contributed by atoms with E-state index in [2.05, 4.69) is 10.3 Å². The van der Waals surface area contributed by atoms with Crippen molar-refractivity contribution in [3.05, 3.63) is 29.1 Å². The zero-order chi connectivity index (χ0) is 17.7. The quantitative estimate of drug-likeness (QED) is 0.776. The molecule has 1 aliphatic heterocycles. The minimum atomic E-state index is -5.30. The lowest BCUT2D eigenvalue weighted by Gasteiger charge is -2.32. The van der Waals surface area contributed by atoms with Crippen LogP contribution in [0, 0.1) is 0 Å². The fraction of sp³-hybridized carbons (Fsp3) is 0.583. The highest BCUT2D eigenvalue weighted by Crippen LogP contribution is 2.47. The normalized spacial score (nSPS) is 23.3. The summed E-state index contributed by atoms with van der Waals surface area (Å²) in [7, 11) is 0. The Bertz CT molecular complexity index is 547. The van der Waals surface area contributed by atoms with Crippen LogP contribution in [0.25, 0.3) is 0 Å². The van der Waals surface area contributed by atoms with Crippen molar-refractivity contribution in [2.45, 2.75) is 30.4 Å². The lowest BCUT2D eigenvalue weighted by atomic mass is 9.78. The molecule has 130 valence electrons. The third-order valence-corrected chi connectivity index (χ3v) is 3.66. The van der Waals surface area contributed by atoms with E-state index in [0.717, 1.165) is 0 Å². The van der Waals surface area contributed by atoms with E-state index in [-0.39, 0.29) is 18.7 Å². The zero-order valence-corrected chi connectivity index (χ0v) is 11.1. The fourth-order valence-electron chi connectivity index (χ4n) is 2.44. The van der Waals surface area contributed by atoms with E-state index in [9.17, 15) is 39.5 Å². The standard InChI is InChI=1S/C12H9F9N2/c13-10(14,15)7-3-6(4-8(23-7)11(16,17)18)9(12(19,20)21)1-2-22-5-9/h3-4,22H,1-2,5H2. The summed E-state index contributed by atoms with van der Waals surface area (Å²) in [4.78, 5) is 2.42. The van der Waals surface area contributed by atoms with Gasteiger partial charge in [-0.05, 0) is 30.7 Å². The fourth-order valence-corrected chi connectivity index (χ4v) is 2.44. The molecule has 0 amide bonds. The van der Waals surface area contributed by atoms with E-state index in [1.54, 1.807) is 0 Å². The summed E-state index contributed by atoms with van der Waals surface area (Å²) >= 11 is 0. The van der Waals surface area contributed by atoms with Crippen LogP contribution in [-0.2, 0) is 17.8 Å². The van der Waals surface area contributed by atoms with Gasteiger partial charge in [0.2, 0.25) is 0 Å². The van der Waals surface area contributed by atoms with Gasteiger partial charge in [0.15, 0.2) is 0 Å². The van der Waals surface area contributed by atoms with Crippen molar-refractivity contribution in [1.29, 1.82) is 0 Å². The molecule has 23 heavy (non-hydrogen) atoms. The van der Waals surface area contributed by atoms with E-state index < -0.39 is 53.9 Å². The Kier molecular flexibility index (Phi) is 4.07. The van der Waals surface area contributed by atoms with Crippen LogP contribution in [0.2, 0.25) is 0 Å². The second-order valence-electron chi connectivity index (χ2n) is 5.13. The maximum Gasteiger partial charge on any atom is 0.433 e. The summed E-state index contributed by atoms with van der Waals surface area (Å²) < 4.78 is 116. The third kappa shape index (κ3) is 3.24. The second-order valence-corrected chi connectivity index (χ2v) is 5.13. The van der Waals surface area contributed by atoms with Gasteiger partial charge < -0.3 is 5.32 Å². The molecule has 0 radical (unpaired) electrons. The van der Waals surface area contributed by atoms with Gasteiger partial charge in [0.25, 0.3) is 0 Å². The molecule has 2 nitrogen and oxygen atoms in total. The predicted octanol–water partition coefficient (Wildman–Crippen LogP) is 3.91. The molecule has 1 unspecified atom stereocenters. The molecule has 1 N–H and O–H groups in total. The number of aromatic nitrogens is 1. The van der Waals surface area contributed by atoms with Crippen LogP contribution in [0.15, 0.2) is 12.1 Å². The molecule has 1 aromatic heterocycles. The van der Waals surface area contributed by atoms with Crippen molar-refractivity contribution in [1.82, 2.24) is 10.3 Å². The number of nitrogens with zero attached hydrogens (tertiary/aromatic N) is 1. The third-order valence-electron chi connectivity index (χ3n) is 3.66. The van der Waals surface area contributed by atoms with Crippen molar-refractivity contribution in [2.24, 2.45) is 0 Å². The highest BCUT2D eigenvalue weighted by atomic mass is 19.4. The van der Waals surface area contributed by atoms with Crippen molar-refractivity contribution < 1.29 is 39.5 Å². The Hall–Kier alpha value is -1.52. The summed E-state index contributed by atoms with van der Waals surface area (Å²) in [6.45, 7) is -0.973. The number of halogens is 9. The average Bonchev–Trinajstić information content (AvgIpc) is 2.86. The molecule has 0 spiro atoms. The van der Waals surface area contributed by atoms with E-state index in [0.29, 0.717) is 0 Å². The molecule has 2 heterocycles. The van der Waals surface area contributed by atoms with Gasteiger partial charge in [0, 0.05) is 6.54 Å². The van der Waals surface area contributed by atoms with Crippen LogP contribution < -0.4 is 5.32 Å². The average molecular weight is 352 g/mol. The number of alkyl halides is 9. The van der Waals surface area contributed by atoms with Crippen molar-refractivity contribution >= 4 is 0 Å². The molecule has 0 bridgehead atoms. The molecule has 11 heteroatoms. The first-order valence-electron chi connectivity index (χ1n) is 6.22. The smallest absolute Gasteiger partial charge is 0.315 e. The van der Waals surface area contributed by atoms with Gasteiger partial charge in [-0.2, -0.15) is 39.5 Å². The van der Waals surface area contributed by atoms with Gasteiger partial charge in [-0.1, -0.05) is 0 Å². The van der Waals surface area contributed by atoms with Crippen molar-refractivity contribution in [3.8, 4) is 0 Å². The summed E-state index contributed by atoms with van der Waals surface area (Å²) in [6, 6.07) is 0.0749. The van der Waals surface area contributed by atoms with Gasteiger partial charge in [-0.25, -0.2) is 4.98 Å². The molecule has 1 saturated heterocycles. The van der Waals surface area contributed by atoms with Crippen molar-refractivity contribution in [3.63, 3.8) is 0 Å². The van der Waals surface area contributed by atoms with Crippen LogP contribution in [-0.4, -0.2) is 24.2 Å². The number of nitrogens with one attached hydrogen (secondary N) is 1. The Morgan fingerprint density at radius 1 is 0.870 bits per heavy atom. The van der Waals surface area contributed by atoms with Gasteiger partial charge in [-0.15, -0.1) is 0 Å².